The molecule has 1 atom stereocenters. The van der Waals surface area contributed by atoms with Crippen molar-refractivity contribution in [1.82, 2.24) is 10.3 Å². The molecule has 3 aromatic carbocycles. The van der Waals surface area contributed by atoms with Crippen LogP contribution in [0.5, 0.6) is 5.75 Å². The highest BCUT2D eigenvalue weighted by molar-refractivity contribution is 6.30. The van der Waals surface area contributed by atoms with Gasteiger partial charge >= 0.3 is 18.7 Å². The Bertz CT molecular complexity index is 1550. The molecule has 0 aliphatic rings. The van der Waals surface area contributed by atoms with E-state index in [1.165, 1.54) is 30.5 Å². The van der Waals surface area contributed by atoms with Gasteiger partial charge in [0.15, 0.2) is 0 Å². The highest BCUT2D eigenvalue weighted by Gasteiger charge is 2.45. The number of halogens is 9. The van der Waals surface area contributed by atoms with Crippen molar-refractivity contribution in [3.05, 3.63) is 130 Å². The third-order valence-corrected chi connectivity index (χ3v) is 6.40. The lowest BCUT2D eigenvalue weighted by molar-refractivity contribution is -0.253. The minimum absolute atomic E-state index is 0.00440. The molecule has 0 radical (unpaired) electrons. The number of rotatable bonds is 9. The van der Waals surface area contributed by atoms with Crippen molar-refractivity contribution >= 4 is 17.5 Å². The monoisotopic (exact) mass is 614 g/mol. The van der Waals surface area contributed by atoms with Gasteiger partial charge in [0.2, 0.25) is 0 Å². The molecule has 0 spiro atoms. The topological polar surface area (TPSA) is 51.2 Å². The first-order valence-corrected chi connectivity index (χ1v) is 12.4. The summed E-state index contributed by atoms with van der Waals surface area (Å²) in [5, 5.41) is 2.81. The van der Waals surface area contributed by atoms with Gasteiger partial charge in [0, 0.05) is 18.2 Å². The second kappa shape index (κ2) is 12.0. The van der Waals surface area contributed by atoms with Crippen LogP contribution in [0.4, 0.5) is 35.1 Å². The summed E-state index contributed by atoms with van der Waals surface area (Å²) in [6, 6.07) is 17.3. The van der Waals surface area contributed by atoms with Crippen LogP contribution in [0.25, 0.3) is 0 Å². The Morgan fingerprint density at radius 2 is 1.62 bits per heavy atom. The lowest BCUT2D eigenvalue weighted by atomic mass is 9.80. The molecule has 1 unspecified atom stereocenters. The lowest BCUT2D eigenvalue weighted by Gasteiger charge is -2.36. The van der Waals surface area contributed by atoms with E-state index in [1.807, 2.05) is 0 Å². The Morgan fingerprint density at radius 1 is 0.905 bits per heavy atom. The molecule has 1 aromatic heterocycles. The minimum Gasteiger partial charge on any atom is -0.428 e. The van der Waals surface area contributed by atoms with Gasteiger partial charge in [0.1, 0.15) is 17.1 Å². The normalized spacial score (nSPS) is 13.5. The van der Waals surface area contributed by atoms with Crippen LogP contribution in [0.1, 0.15) is 32.7 Å². The average molecular weight is 615 g/mol. The number of carbonyl (C=O) groups is 1. The summed E-state index contributed by atoms with van der Waals surface area (Å²) in [5.41, 5.74) is -3.48. The predicted octanol–water partition coefficient (Wildman–Crippen LogP) is 8.05. The molecule has 1 N–H and O–H groups in total. The Hall–Kier alpha value is -4.19. The van der Waals surface area contributed by atoms with Crippen LogP contribution in [0.3, 0.4) is 0 Å². The quantitative estimate of drug-likeness (QED) is 0.194. The number of alkyl halides is 7. The number of carbonyl (C=O) groups excluding carboxylic acids is 1. The number of ether oxygens (including phenoxy) is 1. The number of benzene rings is 3. The lowest BCUT2D eigenvalue weighted by Crippen LogP contribution is -2.49. The van der Waals surface area contributed by atoms with Crippen LogP contribution in [0, 0.1) is 5.82 Å². The summed E-state index contributed by atoms with van der Waals surface area (Å²) in [5.74, 6) is -3.41. The van der Waals surface area contributed by atoms with Crippen LogP contribution in [0.15, 0.2) is 91.1 Å². The maximum atomic E-state index is 14.0. The number of nitrogens with zero attached hydrogens (tertiary/aromatic N) is 1. The first-order chi connectivity index (χ1) is 19.7. The number of nitrogens with one attached hydrogen (secondary N) is 1. The van der Waals surface area contributed by atoms with E-state index in [4.69, 9.17) is 11.6 Å². The third kappa shape index (κ3) is 6.81. The highest BCUT2D eigenvalue weighted by atomic mass is 35.5. The Balaban J connectivity index is 1.92. The SMILES string of the molecule is O=C(NC(Cc1ccccc1)(c1cccc(OC(F)(F)C(F)F)c1)c1ccc(Cl)cn1)c1ccc(F)c(C(F)(F)F)c1. The van der Waals surface area contributed by atoms with E-state index in [1.54, 1.807) is 30.3 Å². The van der Waals surface area contributed by atoms with Gasteiger partial charge in [-0.15, -0.1) is 0 Å². The number of hydrogen-bond donors (Lipinski definition) is 1. The highest BCUT2D eigenvalue weighted by Crippen LogP contribution is 2.37. The molecule has 4 rings (SSSR count). The van der Waals surface area contributed by atoms with Crippen LogP contribution in [-0.4, -0.2) is 23.4 Å². The van der Waals surface area contributed by atoms with Crippen molar-refractivity contribution in [2.24, 2.45) is 0 Å². The van der Waals surface area contributed by atoms with Gasteiger partial charge < -0.3 is 10.1 Å². The summed E-state index contributed by atoms with van der Waals surface area (Å²) >= 11 is 6.01. The second-order valence-corrected chi connectivity index (χ2v) is 9.50. The average Bonchev–Trinajstić information content (AvgIpc) is 2.93. The number of hydrogen-bond acceptors (Lipinski definition) is 3. The first kappa shape index (κ1) is 30.8. The van der Waals surface area contributed by atoms with Crippen LogP contribution in [-0.2, 0) is 18.1 Å². The summed E-state index contributed by atoms with van der Waals surface area (Å²) in [6.45, 7) is 0. The van der Waals surface area contributed by atoms with E-state index < -0.39 is 52.9 Å². The number of amides is 1. The molecule has 0 saturated carbocycles. The van der Waals surface area contributed by atoms with E-state index in [9.17, 15) is 39.9 Å². The first-order valence-electron chi connectivity index (χ1n) is 12.0. The molecular weight excluding hydrogens is 596 g/mol. The predicted molar refractivity (Wildman–Crippen MR) is 137 cm³/mol. The molecule has 0 saturated heterocycles. The fourth-order valence-corrected chi connectivity index (χ4v) is 4.34. The minimum atomic E-state index is -5.11. The van der Waals surface area contributed by atoms with Crippen molar-refractivity contribution < 1.29 is 44.7 Å². The van der Waals surface area contributed by atoms with Crippen molar-refractivity contribution in [2.75, 3.05) is 0 Å². The smallest absolute Gasteiger partial charge is 0.428 e. The van der Waals surface area contributed by atoms with Crippen molar-refractivity contribution in [3.8, 4) is 5.75 Å². The molecule has 0 aliphatic carbocycles. The van der Waals surface area contributed by atoms with E-state index in [0.717, 1.165) is 18.2 Å². The van der Waals surface area contributed by atoms with Gasteiger partial charge in [0.05, 0.1) is 16.3 Å². The van der Waals surface area contributed by atoms with Gasteiger partial charge in [-0.1, -0.05) is 54.1 Å². The van der Waals surface area contributed by atoms with Gasteiger partial charge in [-0.05, 0) is 53.6 Å². The molecule has 0 bridgehead atoms. The van der Waals surface area contributed by atoms with E-state index in [2.05, 4.69) is 15.0 Å². The Morgan fingerprint density at radius 3 is 2.24 bits per heavy atom. The van der Waals surface area contributed by atoms with Crippen LogP contribution < -0.4 is 10.1 Å². The molecule has 1 amide bonds. The van der Waals surface area contributed by atoms with Gasteiger partial charge in [-0.2, -0.15) is 30.7 Å². The fraction of sp³-hybridized carbons (Fsp3) is 0.172. The summed E-state index contributed by atoms with van der Waals surface area (Å²) in [6.07, 6.45) is -13.1. The number of aromatic nitrogens is 1. The third-order valence-electron chi connectivity index (χ3n) is 6.17. The van der Waals surface area contributed by atoms with Crippen molar-refractivity contribution in [3.63, 3.8) is 0 Å². The van der Waals surface area contributed by atoms with Crippen LogP contribution in [0.2, 0.25) is 5.02 Å². The molecule has 42 heavy (non-hydrogen) atoms. The van der Waals surface area contributed by atoms with E-state index in [-0.39, 0.29) is 22.7 Å². The van der Waals surface area contributed by atoms with Crippen molar-refractivity contribution in [1.29, 1.82) is 0 Å². The largest absolute Gasteiger partial charge is 0.461 e. The molecule has 0 aliphatic heterocycles. The molecule has 1 heterocycles. The molecule has 220 valence electrons. The molecule has 0 fully saturated rings. The summed E-state index contributed by atoms with van der Waals surface area (Å²) in [4.78, 5) is 17.8. The molecule has 4 aromatic rings. The zero-order valence-corrected chi connectivity index (χ0v) is 21.9. The standard InChI is InChI=1S/C29H19ClF8N2O2/c30-20-10-12-24(39-16-20)27(15-17-5-2-1-3-6-17,19-7-4-8-21(14-19)42-29(37,38)26(32)33)40-25(41)18-9-11-23(31)22(13-18)28(34,35)36/h1-14,16,26H,15H2,(H,40,41). The second-order valence-electron chi connectivity index (χ2n) is 9.07. The zero-order valence-electron chi connectivity index (χ0n) is 21.1. The van der Waals surface area contributed by atoms with E-state index >= 15 is 0 Å². The summed E-state index contributed by atoms with van der Waals surface area (Å²) in [7, 11) is 0. The van der Waals surface area contributed by atoms with Crippen LogP contribution >= 0.6 is 11.6 Å². The Kier molecular flexibility index (Phi) is 8.76. The zero-order chi connectivity index (χ0) is 30.7. The number of pyridine rings is 1. The maximum Gasteiger partial charge on any atom is 0.461 e. The Labute approximate surface area is 238 Å². The molecule has 13 heteroatoms. The fourth-order valence-electron chi connectivity index (χ4n) is 4.23. The summed E-state index contributed by atoms with van der Waals surface area (Å²) < 4.78 is 112. The molecular formula is C29H19ClF8N2O2. The molecule has 4 nitrogen and oxygen atoms in total. The van der Waals surface area contributed by atoms with Gasteiger partial charge in [-0.3, -0.25) is 9.78 Å². The maximum absolute atomic E-state index is 14.0. The van der Waals surface area contributed by atoms with Crippen molar-refractivity contribution in [2.45, 2.75) is 30.7 Å². The van der Waals surface area contributed by atoms with Gasteiger partial charge in [-0.25, -0.2) is 4.39 Å². The van der Waals surface area contributed by atoms with Gasteiger partial charge in [0.25, 0.3) is 5.91 Å². The van der Waals surface area contributed by atoms with E-state index in [0.29, 0.717) is 17.7 Å².